The van der Waals surface area contributed by atoms with E-state index in [1.54, 1.807) is 18.4 Å². The van der Waals surface area contributed by atoms with Gasteiger partial charge in [0.2, 0.25) is 0 Å². The van der Waals surface area contributed by atoms with Crippen LogP contribution in [0.5, 0.6) is 11.5 Å². The molecule has 0 aliphatic heterocycles. The Balaban J connectivity index is 0.00000220. The Kier molecular flexibility index (Phi) is 7.57. The summed E-state index contributed by atoms with van der Waals surface area (Å²) >= 11 is 1.80. The van der Waals surface area contributed by atoms with Crippen LogP contribution >= 0.6 is 23.7 Å². The third-order valence-electron chi connectivity index (χ3n) is 3.21. The lowest BCUT2D eigenvalue weighted by Crippen LogP contribution is -2.21. The molecule has 116 valence electrons. The van der Waals surface area contributed by atoms with Gasteiger partial charge in [-0.05, 0) is 49.8 Å². The van der Waals surface area contributed by atoms with Crippen LogP contribution in [0.4, 0.5) is 0 Å². The van der Waals surface area contributed by atoms with E-state index < -0.39 is 0 Å². The summed E-state index contributed by atoms with van der Waals surface area (Å²) in [6.07, 6.45) is 0.972. The zero-order chi connectivity index (χ0) is 14.4. The largest absolute Gasteiger partial charge is 0.497 e. The molecule has 2 aromatic rings. The Morgan fingerprint density at radius 2 is 1.76 bits per heavy atom. The van der Waals surface area contributed by atoms with E-state index >= 15 is 0 Å². The number of rotatable bonds is 7. The summed E-state index contributed by atoms with van der Waals surface area (Å²) in [6, 6.07) is 12.4. The van der Waals surface area contributed by atoms with Crippen LogP contribution in [0.1, 0.15) is 17.3 Å². The molecule has 0 radical (unpaired) electrons. The molecule has 5 heteroatoms. The quantitative estimate of drug-likeness (QED) is 0.758. The summed E-state index contributed by atoms with van der Waals surface area (Å²) < 4.78 is 10.9. The molecule has 21 heavy (non-hydrogen) atoms. The van der Waals surface area contributed by atoms with Crippen LogP contribution in [-0.4, -0.2) is 32.7 Å². The highest BCUT2D eigenvalue weighted by Gasteiger charge is 2.14. The first kappa shape index (κ1) is 17.8. The molecular weight excluding hydrogens is 306 g/mol. The van der Waals surface area contributed by atoms with Crippen LogP contribution < -0.4 is 9.47 Å². The number of nitrogens with zero attached hydrogens (tertiary/aromatic N) is 1. The van der Waals surface area contributed by atoms with Crippen molar-refractivity contribution in [2.24, 2.45) is 0 Å². The number of thiophene rings is 1. The Bertz CT molecular complexity index is 500. The van der Waals surface area contributed by atoms with Crippen LogP contribution in [0.2, 0.25) is 0 Å². The zero-order valence-corrected chi connectivity index (χ0v) is 14.2. The highest BCUT2D eigenvalue weighted by molar-refractivity contribution is 7.10. The predicted octanol–water partition coefficient (Wildman–Crippen LogP) is 4.25. The fourth-order valence-corrected chi connectivity index (χ4v) is 3.05. The molecule has 0 saturated carbocycles. The van der Waals surface area contributed by atoms with Crippen molar-refractivity contribution in [2.75, 3.05) is 27.8 Å². The van der Waals surface area contributed by atoms with Crippen molar-refractivity contribution in [3.05, 3.63) is 46.7 Å². The molecule has 1 unspecified atom stereocenters. The molecule has 0 spiro atoms. The topological polar surface area (TPSA) is 21.7 Å². The molecular formula is C16H22ClNO2S. The Morgan fingerprint density at radius 3 is 2.29 bits per heavy atom. The number of methoxy groups -OCH3 is 1. The monoisotopic (exact) mass is 327 g/mol. The molecule has 2 rings (SSSR count). The average molecular weight is 328 g/mol. The van der Waals surface area contributed by atoms with E-state index in [1.165, 1.54) is 4.88 Å². The molecule has 0 aliphatic carbocycles. The number of hydrogen-bond acceptors (Lipinski definition) is 4. The maximum Gasteiger partial charge on any atom is 0.119 e. The average Bonchev–Trinajstić information content (AvgIpc) is 2.97. The lowest BCUT2D eigenvalue weighted by atomic mass is 10.1. The first-order chi connectivity index (χ1) is 9.70. The van der Waals surface area contributed by atoms with E-state index in [0.29, 0.717) is 12.6 Å². The molecule has 0 amide bonds. The molecule has 0 aliphatic rings. The summed E-state index contributed by atoms with van der Waals surface area (Å²) in [5, 5.41) is 2.12. The van der Waals surface area contributed by atoms with Gasteiger partial charge >= 0.3 is 0 Å². The van der Waals surface area contributed by atoms with Gasteiger partial charge in [0.25, 0.3) is 0 Å². The van der Waals surface area contributed by atoms with Crippen molar-refractivity contribution in [2.45, 2.75) is 12.5 Å². The van der Waals surface area contributed by atoms with Crippen LogP contribution in [-0.2, 0) is 0 Å². The van der Waals surface area contributed by atoms with E-state index in [9.17, 15) is 0 Å². The van der Waals surface area contributed by atoms with Crippen LogP contribution in [0.3, 0.4) is 0 Å². The van der Waals surface area contributed by atoms with Crippen molar-refractivity contribution in [3.8, 4) is 11.5 Å². The Morgan fingerprint density at radius 1 is 1.10 bits per heavy atom. The molecule has 0 saturated heterocycles. The molecule has 1 atom stereocenters. The van der Waals surface area contributed by atoms with Crippen molar-refractivity contribution in [3.63, 3.8) is 0 Å². The molecule has 1 heterocycles. The van der Waals surface area contributed by atoms with Gasteiger partial charge in [-0.2, -0.15) is 0 Å². The van der Waals surface area contributed by atoms with E-state index in [2.05, 4.69) is 36.5 Å². The third-order valence-corrected chi connectivity index (χ3v) is 4.19. The third kappa shape index (κ3) is 5.23. The molecule has 1 aromatic carbocycles. The lowest BCUT2D eigenvalue weighted by Gasteiger charge is -2.23. The number of hydrogen-bond donors (Lipinski definition) is 0. The van der Waals surface area contributed by atoms with Crippen molar-refractivity contribution < 1.29 is 9.47 Å². The van der Waals surface area contributed by atoms with Gasteiger partial charge in [-0.3, -0.25) is 0 Å². The van der Waals surface area contributed by atoms with Gasteiger partial charge < -0.3 is 14.4 Å². The maximum atomic E-state index is 5.81. The molecule has 0 fully saturated rings. The van der Waals surface area contributed by atoms with Gasteiger partial charge in [0.15, 0.2) is 0 Å². The van der Waals surface area contributed by atoms with Crippen LogP contribution in [0.15, 0.2) is 41.8 Å². The predicted molar refractivity (Wildman–Crippen MR) is 91.1 cm³/mol. The maximum absolute atomic E-state index is 5.81. The highest BCUT2D eigenvalue weighted by atomic mass is 35.5. The second-order valence-corrected chi connectivity index (χ2v) is 5.79. The second-order valence-electron chi connectivity index (χ2n) is 4.81. The first-order valence-corrected chi connectivity index (χ1v) is 7.55. The second kappa shape index (κ2) is 8.93. The van der Waals surface area contributed by atoms with Crippen molar-refractivity contribution in [1.29, 1.82) is 0 Å². The Hall–Kier alpha value is -1.23. The molecule has 3 nitrogen and oxygen atoms in total. The summed E-state index contributed by atoms with van der Waals surface area (Å²) in [5.74, 6) is 1.73. The lowest BCUT2D eigenvalue weighted by molar-refractivity contribution is 0.226. The van der Waals surface area contributed by atoms with E-state index in [-0.39, 0.29) is 12.4 Å². The molecule has 1 aromatic heterocycles. The fourth-order valence-electron chi connectivity index (χ4n) is 2.10. The van der Waals surface area contributed by atoms with Gasteiger partial charge in [0.1, 0.15) is 11.5 Å². The summed E-state index contributed by atoms with van der Waals surface area (Å²) in [7, 11) is 5.88. The molecule has 0 bridgehead atoms. The minimum Gasteiger partial charge on any atom is -0.497 e. The van der Waals surface area contributed by atoms with Gasteiger partial charge in [0.05, 0.1) is 13.7 Å². The van der Waals surface area contributed by atoms with Gasteiger partial charge in [-0.25, -0.2) is 0 Å². The smallest absolute Gasteiger partial charge is 0.119 e. The standard InChI is InChI=1S/C16H21NO2S.ClH/c1-17(2)15(16-5-4-12-20-16)10-11-19-14-8-6-13(18-3)7-9-14;/h4-9,12,15H,10-11H2,1-3H3;1H. The SMILES string of the molecule is COc1ccc(OCCC(c2cccs2)N(C)C)cc1.Cl. The van der Waals surface area contributed by atoms with Gasteiger partial charge in [-0.1, -0.05) is 6.07 Å². The van der Waals surface area contributed by atoms with E-state index in [4.69, 9.17) is 9.47 Å². The summed E-state index contributed by atoms with van der Waals surface area (Å²) in [4.78, 5) is 3.62. The molecule has 0 N–H and O–H groups in total. The first-order valence-electron chi connectivity index (χ1n) is 6.67. The van der Waals surface area contributed by atoms with E-state index in [1.807, 2.05) is 24.3 Å². The minimum atomic E-state index is 0. The van der Waals surface area contributed by atoms with Gasteiger partial charge in [0, 0.05) is 17.3 Å². The zero-order valence-electron chi connectivity index (χ0n) is 12.6. The number of benzene rings is 1. The minimum absolute atomic E-state index is 0. The highest BCUT2D eigenvalue weighted by Crippen LogP contribution is 2.26. The Labute approximate surface area is 136 Å². The van der Waals surface area contributed by atoms with Crippen LogP contribution in [0, 0.1) is 0 Å². The summed E-state index contributed by atoms with van der Waals surface area (Å²) in [5.41, 5.74) is 0. The fraction of sp³-hybridized carbons (Fsp3) is 0.375. The van der Waals surface area contributed by atoms with Gasteiger partial charge in [-0.15, -0.1) is 23.7 Å². The normalized spacial score (nSPS) is 11.8. The summed E-state index contributed by atoms with van der Waals surface area (Å²) in [6.45, 7) is 0.701. The van der Waals surface area contributed by atoms with Crippen LogP contribution in [0.25, 0.3) is 0 Å². The number of ether oxygens (including phenoxy) is 2. The van der Waals surface area contributed by atoms with Crippen molar-refractivity contribution >= 4 is 23.7 Å². The van der Waals surface area contributed by atoms with Crippen molar-refractivity contribution in [1.82, 2.24) is 4.90 Å². The number of halogens is 1. The van der Waals surface area contributed by atoms with E-state index in [0.717, 1.165) is 17.9 Å².